The van der Waals surface area contributed by atoms with Crippen LogP contribution in [-0.4, -0.2) is 36.7 Å². The van der Waals surface area contributed by atoms with E-state index in [2.05, 4.69) is 32.6 Å². The second-order valence-electron chi connectivity index (χ2n) is 5.77. The van der Waals surface area contributed by atoms with Gasteiger partial charge in [0.2, 0.25) is 0 Å². The van der Waals surface area contributed by atoms with Gasteiger partial charge in [-0.25, -0.2) is 0 Å². The van der Waals surface area contributed by atoms with Crippen molar-refractivity contribution in [1.82, 2.24) is 4.90 Å². The van der Waals surface area contributed by atoms with Crippen LogP contribution in [0.1, 0.15) is 41.5 Å². The summed E-state index contributed by atoms with van der Waals surface area (Å²) in [7, 11) is 0. The van der Waals surface area contributed by atoms with E-state index in [-0.39, 0.29) is 7.43 Å². The summed E-state index contributed by atoms with van der Waals surface area (Å²) >= 11 is 0. The monoisotopic (exact) mass is 213 g/mol. The Balaban J connectivity index is 0.00000112. The predicted octanol–water partition coefficient (Wildman–Crippen LogP) is 2.78. The SMILES string of the molecule is C.CC(C)[C@@H]1CC2(COC2)CN1C(C)C. The summed E-state index contributed by atoms with van der Waals surface area (Å²) in [6, 6.07) is 1.46. The van der Waals surface area contributed by atoms with Gasteiger partial charge < -0.3 is 4.74 Å². The van der Waals surface area contributed by atoms with Crippen LogP contribution in [0.4, 0.5) is 0 Å². The molecule has 0 aromatic heterocycles. The summed E-state index contributed by atoms with van der Waals surface area (Å²) in [5.41, 5.74) is 0.527. The Morgan fingerprint density at radius 2 is 1.80 bits per heavy atom. The number of rotatable bonds is 2. The lowest BCUT2D eigenvalue weighted by atomic mass is 9.82. The summed E-state index contributed by atoms with van der Waals surface area (Å²) in [6.07, 6.45) is 1.35. The maximum absolute atomic E-state index is 5.39. The fraction of sp³-hybridized carbons (Fsp3) is 1.00. The summed E-state index contributed by atoms with van der Waals surface area (Å²) in [5.74, 6) is 0.775. The lowest BCUT2D eigenvalue weighted by Crippen LogP contribution is -2.45. The van der Waals surface area contributed by atoms with E-state index in [1.165, 1.54) is 13.0 Å². The average Bonchev–Trinajstić information content (AvgIpc) is 2.42. The molecule has 15 heavy (non-hydrogen) atoms. The van der Waals surface area contributed by atoms with E-state index < -0.39 is 0 Å². The largest absolute Gasteiger partial charge is 0.380 e. The number of nitrogens with zero attached hydrogens (tertiary/aromatic N) is 1. The molecule has 0 aromatic carbocycles. The highest BCUT2D eigenvalue weighted by molar-refractivity contribution is 5.01. The van der Waals surface area contributed by atoms with Crippen LogP contribution in [-0.2, 0) is 4.74 Å². The molecule has 0 aromatic rings. The zero-order chi connectivity index (χ0) is 10.3. The topological polar surface area (TPSA) is 12.5 Å². The molecule has 0 amide bonds. The van der Waals surface area contributed by atoms with Gasteiger partial charge in [0.1, 0.15) is 0 Å². The molecule has 2 aliphatic heterocycles. The zero-order valence-corrected chi connectivity index (χ0v) is 9.92. The van der Waals surface area contributed by atoms with Crippen LogP contribution < -0.4 is 0 Å². The van der Waals surface area contributed by atoms with Crippen LogP contribution >= 0.6 is 0 Å². The van der Waals surface area contributed by atoms with Crippen LogP contribution in [0.2, 0.25) is 0 Å². The van der Waals surface area contributed by atoms with Crippen molar-refractivity contribution in [3.8, 4) is 0 Å². The number of hydrogen-bond donors (Lipinski definition) is 0. The molecule has 1 spiro atoms. The molecule has 90 valence electrons. The smallest absolute Gasteiger partial charge is 0.0557 e. The summed E-state index contributed by atoms with van der Waals surface area (Å²) < 4.78 is 5.39. The molecule has 0 bridgehead atoms. The second kappa shape index (κ2) is 4.42. The molecule has 2 rings (SSSR count). The van der Waals surface area contributed by atoms with Crippen LogP contribution in [0.25, 0.3) is 0 Å². The first-order valence-corrected chi connectivity index (χ1v) is 5.88. The van der Waals surface area contributed by atoms with E-state index in [1.54, 1.807) is 0 Å². The number of ether oxygens (including phenoxy) is 1. The van der Waals surface area contributed by atoms with Crippen molar-refractivity contribution in [2.45, 2.75) is 53.6 Å². The fourth-order valence-electron chi connectivity index (χ4n) is 2.91. The van der Waals surface area contributed by atoms with Gasteiger partial charge in [-0.15, -0.1) is 0 Å². The molecule has 2 nitrogen and oxygen atoms in total. The number of likely N-dealkylation sites (tertiary alicyclic amines) is 1. The summed E-state index contributed by atoms with van der Waals surface area (Å²) in [6.45, 7) is 12.6. The first-order chi connectivity index (χ1) is 6.54. The van der Waals surface area contributed by atoms with E-state index >= 15 is 0 Å². The van der Waals surface area contributed by atoms with Crippen LogP contribution in [0.3, 0.4) is 0 Å². The maximum atomic E-state index is 5.39. The van der Waals surface area contributed by atoms with Gasteiger partial charge in [-0.05, 0) is 26.2 Å². The van der Waals surface area contributed by atoms with Crippen molar-refractivity contribution in [2.24, 2.45) is 11.3 Å². The third-order valence-electron chi connectivity index (χ3n) is 3.84. The molecule has 2 heterocycles. The lowest BCUT2D eigenvalue weighted by molar-refractivity contribution is -0.106. The molecule has 0 radical (unpaired) electrons. The van der Waals surface area contributed by atoms with Crippen molar-refractivity contribution >= 4 is 0 Å². The Morgan fingerprint density at radius 1 is 1.20 bits per heavy atom. The highest BCUT2D eigenvalue weighted by atomic mass is 16.5. The van der Waals surface area contributed by atoms with Gasteiger partial charge in [0.25, 0.3) is 0 Å². The maximum Gasteiger partial charge on any atom is 0.0557 e. The molecule has 0 aliphatic carbocycles. The quantitative estimate of drug-likeness (QED) is 0.699. The molecule has 0 unspecified atom stereocenters. The van der Waals surface area contributed by atoms with Crippen molar-refractivity contribution < 1.29 is 4.74 Å². The summed E-state index contributed by atoms with van der Waals surface area (Å²) in [5, 5.41) is 0. The van der Waals surface area contributed by atoms with Crippen LogP contribution in [0.15, 0.2) is 0 Å². The molecular weight excluding hydrogens is 186 g/mol. The van der Waals surface area contributed by atoms with Gasteiger partial charge in [0, 0.05) is 24.0 Å². The van der Waals surface area contributed by atoms with Gasteiger partial charge in [-0.3, -0.25) is 4.90 Å². The minimum Gasteiger partial charge on any atom is -0.380 e. The van der Waals surface area contributed by atoms with Crippen molar-refractivity contribution in [2.75, 3.05) is 19.8 Å². The van der Waals surface area contributed by atoms with Gasteiger partial charge in [0.05, 0.1) is 13.2 Å². The first kappa shape index (κ1) is 13.0. The minimum absolute atomic E-state index is 0. The van der Waals surface area contributed by atoms with Gasteiger partial charge >= 0.3 is 0 Å². The van der Waals surface area contributed by atoms with E-state index in [0.29, 0.717) is 11.5 Å². The Bertz CT molecular complexity index is 191. The normalized spacial score (nSPS) is 29.6. The molecule has 1 atom stereocenters. The van der Waals surface area contributed by atoms with E-state index in [9.17, 15) is 0 Å². The molecule has 2 fully saturated rings. The fourth-order valence-corrected chi connectivity index (χ4v) is 2.91. The highest BCUT2D eigenvalue weighted by Crippen LogP contribution is 2.43. The zero-order valence-electron chi connectivity index (χ0n) is 9.92. The van der Waals surface area contributed by atoms with Gasteiger partial charge in [0.15, 0.2) is 0 Å². The Morgan fingerprint density at radius 3 is 2.07 bits per heavy atom. The average molecular weight is 213 g/mol. The summed E-state index contributed by atoms with van der Waals surface area (Å²) in [4.78, 5) is 2.67. The first-order valence-electron chi connectivity index (χ1n) is 5.88. The number of hydrogen-bond acceptors (Lipinski definition) is 2. The Kier molecular flexibility index (Phi) is 3.83. The Labute approximate surface area is 95.0 Å². The van der Waals surface area contributed by atoms with Crippen molar-refractivity contribution in [3.05, 3.63) is 0 Å². The second-order valence-corrected chi connectivity index (χ2v) is 5.77. The molecule has 0 N–H and O–H groups in total. The van der Waals surface area contributed by atoms with Crippen LogP contribution in [0, 0.1) is 11.3 Å². The standard InChI is InChI=1S/C12H23NO.CH4/c1-9(2)11-5-12(7-14-8-12)6-13(11)10(3)4;/h9-11H,5-8H2,1-4H3;1H4/t11-;/m0./s1. The molecule has 2 heteroatoms. The van der Waals surface area contributed by atoms with Gasteiger partial charge in [-0.1, -0.05) is 21.3 Å². The van der Waals surface area contributed by atoms with Crippen molar-refractivity contribution in [3.63, 3.8) is 0 Å². The van der Waals surface area contributed by atoms with Crippen LogP contribution in [0.5, 0.6) is 0 Å². The Hall–Kier alpha value is -0.0800. The minimum atomic E-state index is 0. The molecule has 2 saturated heterocycles. The van der Waals surface area contributed by atoms with E-state index in [4.69, 9.17) is 4.74 Å². The predicted molar refractivity (Wildman–Crippen MR) is 65.1 cm³/mol. The molecule has 0 saturated carbocycles. The third kappa shape index (κ3) is 2.21. The molecular formula is C13H27NO. The molecule has 2 aliphatic rings. The van der Waals surface area contributed by atoms with Gasteiger partial charge in [-0.2, -0.15) is 0 Å². The highest BCUT2D eigenvalue weighted by Gasteiger charge is 2.50. The lowest BCUT2D eigenvalue weighted by Gasteiger charge is -2.38. The van der Waals surface area contributed by atoms with Crippen molar-refractivity contribution in [1.29, 1.82) is 0 Å². The third-order valence-corrected chi connectivity index (χ3v) is 3.84. The van der Waals surface area contributed by atoms with E-state index in [1.807, 2.05) is 0 Å². The van der Waals surface area contributed by atoms with E-state index in [0.717, 1.165) is 25.2 Å².